The molecule has 0 saturated heterocycles. The van der Waals surface area contributed by atoms with E-state index in [1.807, 2.05) is 0 Å². The Hall–Kier alpha value is -4.22. The van der Waals surface area contributed by atoms with E-state index in [-0.39, 0.29) is 18.0 Å². The molecule has 0 bridgehead atoms. The minimum absolute atomic E-state index is 0.00619. The molecule has 0 fully saturated rings. The zero-order valence-corrected chi connectivity index (χ0v) is 27.3. The fraction of sp³-hybridized carbons (Fsp3) is 0.588. The predicted octanol–water partition coefficient (Wildman–Crippen LogP) is 4.80. The quantitative estimate of drug-likeness (QED) is 0.0642. The number of allylic oxidation sites excluding steroid dienone is 1. The summed E-state index contributed by atoms with van der Waals surface area (Å²) in [6, 6.07) is 4.79. The van der Waals surface area contributed by atoms with Crippen LogP contribution in [0.1, 0.15) is 97.0 Å². The maximum Gasteiger partial charge on any atom is 0.328 e. The number of methoxy groups -OCH3 is 1. The third-order valence-electron chi connectivity index (χ3n) is 7.20. The molecule has 4 atom stereocenters. The third kappa shape index (κ3) is 16.7. The number of carbonyl (C=O) groups is 6. The van der Waals surface area contributed by atoms with Crippen molar-refractivity contribution in [1.29, 1.82) is 0 Å². The normalized spacial score (nSPS) is 13.7. The maximum absolute atomic E-state index is 13.6. The lowest BCUT2D eigenvalue weighted by molar-refractivity contribution is -0.188. The van der Waals surface area contributed by atoms with Crippen LogP contribution < -0.4 is 5.32 Å². The molecule has 1 unspecified atom stereocenters. The Kier molecular flexibility index (Phi) is 19.3. The molecule has 0 spiro atoms. The van der Waals surface area contributed by atoms with Gasteiger partial charge in [0.1, 0.15) is 17.6 Å². The SMILES string of the molecule is CCCCCC(=O)CCCCCC/C=C/[C@H](C(=O)N[C@@H](Cc1ccc(O)cc1)C(=O)OC)[C@@H](CC(=O)O)C(=O)OC(C)OC(C)=O. The first-order valence-corrected chi connectivity index (χ1v) is 15.8. The molecule has 0 radical (unpaired) electrons. The molecule has 12 nitrogen and oxygen atoms in total. The fourth-order valence-corrected chi connectivity index (χ4v) is 4.81. The number of carbonyl (C=O) groups excluding carboxylic acids is 5. The van der Waals surface area contributed by atoms with Gasteiger partial charge in [0.15, 0.2) is 0 Å². The van der Waals surface area contributed by atoms with Crippen LogP contribution >= 0.6 is 0 Å². The molecule has 1 rings (SSSR count). The second kappa shape index (κ2) is 22.3. The number of unbranched alkanes of at least 4 members (excludes halogenated alkanes) is 6. The summed E-state index contributed by atoms with van der Waals surface area (Å²) in [4.78, 5) is 74.4. The molecular weight excluding hydrogens is 598 g/mol. The smallest absolute Gasteiger partial charge is 0.328 e. The number of nitrogens with one attached hydrogen (secondary N) is 1. The summed E-state index contributed by atoms with van der Waals surface area (Å²) in [5, 5.41) is 21.7. The van der Waals surface area contributed by atoms with Crippen LogP contribution in [0.25, 0.3) is 0 Å². The van der Waals surface area contributed by atoms with E-state index in [0.717, 1.165) is 59.0 Å². The van der Waals surface area contributed by atoms with E-state index in [9.17, 15) is 39.0 Å². The van der Waals surface area contributed by atoms with E-state index in [0.29, 0.717) is 24.8 Å². The van der Waals surface area contributed by atoms with Gasteiger partial charge < -0.3 is 29.7 Å². The molecular formula is C34H49NO11. The highest BCUT2D eigenvalue weighted by molar-refractivity contribution is 5.91. The second-order valence-electron chi connectivity index (χ2n) is 11.2. The van der Waals surface area contributed by atoms with Crippen molar-refractivity contribution in [3.63, 3.8) is 0 Å². The predicted molar refractivity (Wildman–Crippen MR) is 168 cm³/mol. The van der Waals surface area contributed by atoms with Crippen LogP contribution in [0.3, 0.4) is 0 Å². The number of benzene rings is 1. The highest BCUT2D eigenvalue weighted by atomic mass is 16.7. The molecule has 0 aliphatic carbocycles. The molecule has 256 valence electrons. The molecule has 0 heterocycles. The molecule has 46 heavy (non-hydrogen) atoms. The molecule has 0 aliphatic rings. The number of rotatable bonds is 23. The number of ether oxygens (including phenoxy) is 3. The molecule has 12 heteroatoms. The largest absolute Gasteiger partial charge is 0.508 e. The maximum atomic E-state index is 13.6. The Morgan fingerprint density at radius 2 is 1.52 bits per heavy atom. The van der Waals surface area contributed by atoms with Crippen LogP contribution in [0.5, 0.6) is 5.75 Å². The number of carboxylic acids is 1. The number of carboxylic acid groups (broad SMARTS) is 1. The third-order valence-corrected chi connectivity index (χ3v) is 7.20. The molecule has 0 aromatic heterocycles. The summed E-state index contributed by atoms with van der Waals surface area (Å²) in [7, 11) is 1.15. The number of Topliss-reactive ketones (excluding diaryl/α,β-unsaturated/α-hetero) is 1. The number of ketones is 1. The van der Waals surface area contributed by atoms with Crippen LogP contribution in [0.2, 0.25) is 0 Å². The van der Waals surface area contributed by atoms with E-state index in [1.54, 1.807) is 18.2 Å². The zero-order chi connectivity index (χ0) is 34.5. The number of esters is 3. The Morgan fingerprint density at radius 3 is 2.11 bits per heavy atom. The lowest BCUT2D eigenvalue weighted by atomic mass is 9.87. The minimum atomic E-state index is -1.52. The van der Waals surface area contributed by atoms with E-state index >= 15 is 0 Å². The van der Waals surface area contributed by atoms with Crippen molar-refractivity contribution in [1.82, 2.24) is 5.32 Å². The first-order valence-electron chi connectivity index (χ1n) is 15.8. The van der Waals surface area contributed by atoms with Crippen LogP contribution in [-0.4, -0.2) is 65.2 Å². The van der Waals surface area contributed by atoms with Gasteiger partial charge in [-0.05, 0) is 43.4 Å². The van der Waals surface area contributed by atoms with E-state index in [4.69, 9.17) is 14.2 Å². The van der Waals surface area contributed by atoms with Gasteiger partial charge in [-0.25, -0.2) is 4.79 Å². The van der Waals surface area contributed by atoms with Crippen molar-refractivity contribution in [3.8, 4) is 5.75 Å². The van der Waals surface area contributed by atoms with Crippen molar-refractivity contribution < 1.29 is 53.2 Å². The van der Waals surface area contributed by atoms with Gasteiger partial charge in [0, 0.05) is 33.1 Å². The Bertz CT molecular complexity index is 1160. The van der Waals surface area contributed by atoms with Gasteiger partial charge in [-0.3, -0.25) is 24.0 Å². The molecule has 0 saturated carbocycles. The van der Waals surface area contributed by atoms with Gasteiger partial charge in [-0.15, -0.1) is 0 Å². The summed E-state index contributed by atoms with van der Waals surface area (Å²) in [6.45, 7) is 4.49. The first-order chi connectivity index (χ1) is 21.9. The number of hydrogen-bond acceptors (Lipinski definition) is 10. The lowest BCUT2D eigenvalue weighted by Gasteiger charge is -2.25. The zero-order valence-electron chi connectivity index (χ0n) is 27.3. The Balaban J connectivity index is 3.08. The average molecular weight is 648 g/mol. The van der Waals surface area contributed by atoms with Crippen LogP contribution in [0, 0.1) is 11.8 Å². The number of amides is 1. The fourth-order valence-electron chi connectivity index (χ4n) is 4.81. The number of phenolic OH excluding ortho intramolecular Hbond substituents is 1. The van der Waals surface area contributed by atoms with E-state index in [1.165, 1.54) is 25.1 Å². The van der Waals surface area contributed by atoms with Gasteiger partial charge in [0.25, 0.3) is 0 Å². The van der Waals surface area contributed by atoms with Crippen molar-refractivity contribution >= 4 is 35.6 Å². The average Bonchev–Trinajstić information content (AvgIpc) is 2.99. The Morgan fingerprint density at radius 1 is 0.891 bits per heavy atom. The van der Waals surface area contributed by atoms with Crippen LogP contribution in [-0.2, 0) is 49.4 Å². The van der Waals surface area contributed by atoms with E-state index in [2.05, 4.69) is 12.2 Å². The number of aliphatic carboxylic acids is 1. The highest BCUT2D eigenvalue weighted by Crippen LogP contribution is 2.23. The standard InChI is InChI=1S/C34H49NO11/c1-5-6-11-14-26(37)15-12-9-7-8-10-13-16-28(29(22-31(39)40)33(42)46-24(3)45-23(2)36)32(41)35-30(34(43)44-4)21-25-17-19-27(38)20-18-25/h13,16-20,24,28-30,38H,5-12,14-15,21-22H2,1-4H3,(H,35,41)(H,39,40)/b16-13+/t24?,28-,29+,30-/m0/s1. The summed E-state index contributed by atoms with van der Waals surface area (Å²) >= 11 is 0. The summed E-state index contributed by atoms with van der Waals surface area (Å²) in [5.74, 6) is -7.33. The van der Waals surface area contributed by atoms with Gasteiger partial charge in [0.05, 0.1) is 25.4 Å². The van der Waals surface area contributed by atoms with Gasteiger partial charge in [-0.2, -0.15) is 0 Å². The van der Waals surface area contributed by atoms with E-state index < -0.39 is 60.4 Å². The minimum Gasteiger partial charge on any atom is -0.508 e. The van der Waals surface area contributed by atoms with Gasteiger partial charge in [0.2, 0.25) is 12.2 Å². The highest BCUT2D eigenvalue weighted by Gasteiger charge is 2.37. The van der Waals surface area contributed by atoms with Crippen molar-refractivity contribution in [2.45, 2.75) is 110 Å². The number of hydrogen-bond donors (Lipinski definition) is 3. The molecule has 1 amide bonds. The number of aromatic hydroxyl groups is 1. The van der Waals surface area contributed by atoms with Gasteiger partial charge >= 0.3 is 23.9 Å². The summed E-state index contributed by atoms with van der Waals surface area (Å²) < 4.78 is 14.9. The lowest BCUT2D eigenvalue weighted by Crippen LogP contribution is -2.48. The Labute approximate surface area is 270 Å². The molecule has 1 aromatic carbocycles. The van der Waals surface area contributed by atoms with Crippen molar-refractivity contribution in [2.75, 3.05) is 7.11 Å². The molecule has 3 N–H and O–H groups in total. The summed E-state index contributed by atoms with van der Waals surface area (Å²) in [6.07, 6.45) is 8.93. The number of phenols is 1. The monoisotopic (exact) mass is 647 g/mol. The van der Waals surface area contributed by atoms with Crippen LogP contribution in [0.4, 0.5) is 0 Å². The topological polar surface area (TPSA) is 183 Å². The van der Waals surface area contributed by atoms with Crippen molar-refractivity contribution in [2.24, 2.45) is 11.8 Å². The second-order valence-corrected chi connectivity index (χ2v) is 11.2. The van der Waals surface area contributed by atoms with Gasteiger partial charge in [-0.1, -0.05) is 56.9 Å². The van der Waals surface area contributed by atoms with Crippen molar-refractivity contribution in [3.05, 3.63) is 42.0 Å². The first kappa shape index (κ1) is 39.8. The summed E-state index contributed by atoms with van der Waals surface area (Å²) in [5.41, 5.74) is 0.597. The van der Waals surface area contributed by atoms with Crippen LogP contribution in [0.15, 0.2) is 36.4 Å². The molecule has 0 aliphatic heterocycles. The molecule has 1 aromatic rings.